The van der Waals surface area contributed by atoms with E-state index in [1.54, 1.807) is 0 Å². The Hall–Kier alpha value is -2.00. The van der Waals surface area contributed by atoms with Crippen molar-refractivity contribution in [1.29, 1.82) is 0 Å². The molecular formula is C16H18N2O. The number of aromatic nitrogens is 1. The summed E-state index contributed by atoms with van der Waals surface area (Å²) in [5, 5.41) is 0. The topological polar surface area (TPSA) is 33.2 Å². The predicted octanol–water partition coefficient (Wildman–Crippen LogP) is 2.57. The predicted molar refractivity (Wildman–Crippen MR) is 76.1 cm³/mol. The first-order chi connectivity index (χ1) is 9.28. The second-order valence-electron chi connectivity index (χ2n) is 4.70. The fraction of sp³-hybridized carbons (Fsp3) is 0.250. The molecule has 3 heteroatoms. The number of pyridine rings is 1. The highest BCUT2D eigenvalue weighted by Gasteiger charge is 2.01. The van der Waals surface area contributed by atoms with Crippen LogP contribution in [0.3, 0.4) is 0 Å². The van der Waals surface area contributed by atoms with Gasteiger partial charge < -0.3 is 4.90 Å². The lowest BCUT2D eigenvalue weighted by molar-refractivity contribution is 0.112. The van der Waals surface area contributed by atoms with E-state index in [1.165, 1.54) is 11.1 Å². The summed E-state index contributed by atoms with van der Waals surface area (Å²) in [5.41, 5.74) is 3.25. The molecule has 0 saturated heterocycles. The molecule has 1 aromatic carbocycles. The van der Waals surface area contributed by atoms with E-state index in [1.807, 2.05) is 48.8 Å². The van der Waals surface area contributed by atoms with E-state index in [0.717, 1.165) is 31.4 Å². The lowest BCUT2D eigenvalue weighted by Gasteiger charge is -2.16. The highest BCUT2D eigenvalue weighted by atomic mass is 16.1. The summed E-state index contributed by atoms with van der Waals surface area (Å²) in [6, 6.07) is 11.8. The Balaban J connectivity index is 1.83. The van der Waals surface area contributed by atoms with E-state index in [9.17, 15) is 4.79 Å². The number of benzene rings is 1. The van der Waals surface area contributed by atoms with Crippen molar-refractivity contribution in [3.05, 3.63) is 65.5 Å². The second kappa shape index (κ2) is 6.81. The number of likely N-dealkylation sites (N-methyl/N-ethyl adjacent to an activating group) is 1. The smallest absolute Gasteiger partial charge is 0.150 e. The van der Waals surface area contributed by atoms with Gasteiger partial charge in [-0.25, -0.2) is 0 Å². The van der Waals surface area contributed by atoms with Crippen molar-refractivity contribution in [2.45, 2.75) is 13.0 Å². The SMILES string of the molecule is CN(CCc1ccncc1)Cc1ccc(C=O)cc1. The van der Waals surface area contributed by atoms with Crippen LogP contribution >= 0.6 is 0 Å². The maximum Gasteiger partial charge on any atom is 0.150 e. The van der Waals surface area contributed by atoms with Crippen molar-refractivity contribution < 1.29 is 4.79 Å². The quantitative estimate of drug-likeness (QED) is 0.743. The molecule has 0 aliphatic rings. The first-order valence-electron chi connectivity index (χ1n) is 6.39. The van der Waals surface area contributed by atoms with Gasteiger partial charge in [0.1, 0.15) is 6.29 Å². The van der Waals surface area contributed by atoms with Crippen LogP contribution in [0.5, 0.6) is 0 Å². The van der Waals surface area contributed by atoms with E-state index in [4.69, 9.17) is 0 Å². The third-order valence-corrected chi connectivity index (χ3v) is 3.10. The van der Waals surface area contributed by atoms with Crippen LogP contribution in [0.1, 0.15) is 21.5 Å². The molecule has 3 nitrogen and oxygen atoms in total. The summed E-state index contributed by atoms with van der Waals surface area (Å²) >= 11 is 0. The Morgan fingerprint density at radius 3 is 2.37 bits per heavy atom. The lowest BCUT2D eigenvalue weighted by Crippen LogP contribution is -2.20. The molecular weight excluding hydrogens is 236 g/mol. The van der Waals surface area contributed by atoms with Gasteiger partial charge in [-0.1, -0.05) is 24.3 Å². The molecule has 0 aliphatic heterocycles. The van der Waals surface area contributed by atoms with Gasteiger partial charge in [0.15, 0.2) is 0 Å². The molecule has 0 N–H and O–H groups in total. The van der Waals surface area contributed by atoms with Crippen molar-refractivity contribution >= 4 is 6.29 Å². The molecule has 0 spiro atoms. The summed E-state index contributed by atoms with van der Waals surface area (Å²) in [6.07, 6.45) is 5.54. The van der Waals surface area contributed by atoms with Crippen LogP contribution in [-0.4, -0.2) is 29.8 Å². The number of aldehydes is 1. The number of hydrogen-bond acceptors (Lipinski definition) is 3. The van der Waals surface area contributed by atoms with Gasteiger partial charge in [-0.2, -0.15) is 0 Å². The third kappa shape index (κ3) is 4.30. The zero-order chi connectivity index (χ0) is 13.5. The van der Waals surface area contributed by atoms with Crippen LogP contribution in [0.4, 0.5) is 0 Å². The Morgan fingerprint density at radius 2 is 1.74 bits per heavy atom. The van der Waals surface area contributed by atoms with Crippen LogP contribution in [-0.2, 0) is 13.0 Å². The fourth-order valence-corrected chi connectivity index (χ4v) is 1.96. The van der Waals surface area contributed by atoms with Gasteiger partial charge >= 0.3 is 0 Å². The Morgan fingerprint density at radius 1 is 1.05 bits per heavy atom. The third-order valence-electron chi connectivity index (χ3n) is 3.10. The summed E-state index contributed by atoms with van der Waals surface area (Å²) in [7, 11) is 2.11. The molecule has 19 heavy (non-hydrogen) atoms. The molecule has 0 aliphatic carbocycles. The average molecular weight is 254 g/mol. The van der Waals surface area contributed by atoms with Gasteiger partial charge in [0.05, 0.1) is 0 Å². The zero-order valence-electron chi connectivity index (χ0n) is 11.1. The van der Waals surface area contributed by atoms with Crippen molar-refractivity contribution in [3.63, 3.8) is 0 Å². The van der Waals surface area contributed by atoms with Gasteiger partial charge in [-0.3, -0.25) is 9.78 Å². The van der Waals surface area contributed by atoms with Crippen LogP contribution in [0.15, 0.2) is 48.8 Å². The fourth-order valence-electron chi connectivity index (χ4n) is 1.96. The normalized spacial score (nSPS) is 10.6. The molecule has 0 atom stereocenters. The summed E-state index contributed by atoms with van der Waals surface area (Å²) in [6.45, 7) is 1.89. The van der Waals surface area contributed by atoms with Crippen LogP contribution in [0, 0.1) is 0 Å². The molecule has 0 amide bonds. The molecule has 1 aromatic heterocycles. The molecule has 2 aromatic rings. The monoisotopic (exact) mass is 254 g/mol. The minimum absolute atomic E-state index is 0.725. The van der Waals surface area contributed by atoms with Crippen molar-refractivity contribution in [2.24, 2.45) is 0 Å². The van der Waals surface area contributed by atoms with E-state index >= 15 is 0 Å². The van der Waals surface area contributed by atoms with Gasteiger partial charge in [0.2, 0.25) is 0 Å². The van der Waals surface area contributed by atoms with Crippen molar-refractivity contribution in [2.75, 3.05) is 13.6 Å². The maximum atomic E-state index is 10.6. The zero-order valence-corrected chi connectivity index (χ0v) is 11.1. The van der Waals surface area contributed by atoms with Gasteiger partial charge in [0, 0.05) is 31.0 Å². The standard InChI is InChI=1S/C16H18N2O/c1-18(11-8-14-6-9-17-10-7-14)12-15-2-4-16(13-19)5-3-15/h2-7,9-10,13H,8,11-12H2,1H3. The summed E-state index contributed by atoms with van der Waals surface area (Å²) in [5.74, 6) is 0. The first kappa shape index (κ1) is 13.4. The minimum Gasteiger partial charge on any atom is -0.302 e. The van der Waals surface area contributed by atoms with Crippen LogP contribution < -0.4 is 0 Å². The summed E-state index contributed by atoms with van der Waals surface area (Å²) < 4.78 is 0. The number of carbonyl (C=O) groups excluding carboxylic acids is 1. The molecule has 0 saturated carbocycles. The van der Waals surface area contributed by atoms with Crippen molar-refractivity contribution in [1.82, 2.24) is 9.88 Å². The largest absolute Gasteiger partial charge is 0.302 e. The second-order valence-corrected chi connectivity index (χ2v) is 4.70. The molecule has 98 valence electrons. The maximum absolute atomic E-state index is 10.6. The number of nitrogens with zero attached hydrogens (tertiary/aromatic N) is 2. The lowest BCUT2D eigenvalue weighted by atomic mass is 10.1. The molecule has 0 fully saturated rings. The van der Waals surface area contributed by atoms with Gasteiger partial charge in [0.25, 0.3) is 0 Å². The molecule has 0 radical (unpaired) electrons. The molecule has 0 unspecified atom stereocenters. The molecule has 0 bridgehead atoms. The Labute approximate surface area is 113 Å². The highest BCUT2D eigenvalue weighted by Crippen LogP contribution is 2.06. The van der Waals surface area contributed by atoms with Crippen LogP contribution in [0.2, 0.25) is 0 Å². The first-order valence-corrected chi connectivity index (χ1v) is 6.39. The van der Waals surface area contributed by atoms with E-state index in [-0.39, 0.29) is 0 Å². The average Bonchev–Trinajstić information content (AvgIpc) is 2.47. The molecule has 1 heterocycles. The molecule has 2 rings (SSSR count). The highest BCUT2D eigenvalue weighted by molar-refractivity contribution is 5.74. The van der Waals surface area contributed by atoms with Gasteiger partial charge in [-0.05, 0) is 36.7 Å². The van der Waals surface area contributed by atoms with E-state index in [2.05, 4.69) is 16.9 Å². The van der Waals surface area contributed by atoms with E-state index < -0.39 is 0 Å². The van der Waals surface area contributed by atoms with E-state index in [0.29, 0.717) is 0 Å². The number of carbonyl (C=O) groups is 1. The Kier molecular flexibility index (Phi) is 4.81. The summed E-state index contributed by atoms with van der Waals surface area (Å²) in [4.78, 5) is 16.9. The van der Waals surface area contributed by atoms with Gasteiger partial charge in [-0.15, -0.1) is 0 Å². The Bertz CT molecular complexity index is 508. The van der Waals surface area contributed by atoms with Crippen LogP contribution in [0.25, 0.3) is 0 Å². The van der Waals surface area contributed by atoms with Crippen molar-refractivity contribution in [3.8, 4) is 0 Å². The number of rotatable bonds is 6. The minimum atomic E-state index is 0.725. The number of hydrogen-bond donors (Lipinski definition) is 0.